The van der Waals surface area contributed by atoms with Crippen LogP contribution in [0.25, 0.3) is 0 Å². The Bertz CT molecular complexity index is 624. The Morgan fingerprint density at radius 3 is 2.71 bits per heavy atom. The predicted octanol–water partition coefficient (Wildman–Crippen LogP) is 0.783. The summed E-state index contributed by atoms with van der Waals surface area (Å²) in [6.45, 7) is 1.79. The van der Waals surface area contributed by atoms with Crippen LogP contribution in [0.1, 0.15) is 24.1 Å². The van der Waals surface area contributed by atoms with Crippen molar-refractivity contribution >= 4 is 11.9 Å². The number of aliphatic carboxylic acids is 1. The van der Waals surface area contributed by atoms with Gasteiger partial charge in [-0.25, -0.2) is 4.68 Å². The Balaban J connectivity index is 1.89. The molecular weight excluding hydrogens is 272 g/mol. The van der Waals surface area contributed by atoms with Crippen molar-refractivity contribution in [3.63, 3.8) is 0 Å². The second-order valence-electron chi connectivity index (χ2n) is 4.65. The largest absolute Gasteiger partial charge is 0.480 e. The van der Waals surface area contributed by atoms with Crippen molar-refractivity contribution < 1.29 is 14.7 Å². The van der Waals surface area contributed by atoms with Gasteiger partial charge in [-0.05, 0) is 12.5 Å². The first-order valence-electron chi connectivity index (χ1n) is 6.49. The molecule has 2 N–H and O–H groups in total. The van der Waals surface area contributed by atoms with Crippen LogP contribution in [0, 0.1) is 0 Å². The smallest absolute Gasteiger partial charge is 0.325 e. The van der Waals surface area contributed by atoms with E-state index in [2.05, 4.69) is 15.6 Å². The number of carboxylic acid groups (broad SMARTS) is 1. The number of benzene rings is 1. The number of carbonyl (C=O) groups is 2. The number of nitrogens with zero attached hydrogens (tertiary/aromatic N) is 3. The molecule has 7 heteroatoms. The van der Waals surface area contributed by atoms with Crippen molar-refractivity contribution in [2.24, 2.45) is 0 Å². The van der Waals surface area contributed by atoms with Gasteiger partial charge in [0.05, 0.1) is 18.7 Å². The second kappa shape index (κ2) is 6.65. The summed E-state index contributed by atoms with van der Waals surface area (Å²) in [5.74, 6) is -1.37. The molecule has 110 valence electrons. The maximum atomic E-state index is 12.0. The van der Waals surface area contributed by atoms with Crippen molar-refractivity contribution in [3.05, 3.63) is 47.8 Å². The maximum absolute atomic E-state index is 12.0. The van der Waals surface area contributed by atoms with Gasteiger partial charge >= 0.3 is 5.97 Å². The Morgan fingerprint density at radius 1 is 1.33 bits per heavy atom. The molecule has 1 unspecified atom stereocenters. The van der Waals surface area contributed by atoms with Gasteiger partial charge in [-0.15, -0.1) is 5.10 Å². The minimum atomic E-state index is -0.992. The van der Waals surface area contributed by atoms with Gasteiger partial charge in [-0.1, -0.05) is 35.5 Å². The summed E-state index contributed by atoms with van der Waals surface area (Å²) in [6.07, 6.45) is 1.50. The molecule has 1 atom stereocenters. The average Bonchev–Trinajstić information content (AvgIpc) is 2.91. The quantitative estimate of drug-likeness (QED) is 0.818. The lowest BCUT2D eigenvalue weighted by Crippen LogP contribution is -2.27. The topological polar surface area (TPSA) is 97.1 Å². The first kappa shape index (κ1) is 14.7. The monoisotopic (exact) mass is 288 g/mol. The van der Waals surface area contributed by atoms with Crippen LogP contribution in [0.5, 0.6) is 0 Å². The molecule has 0 fully saturated rings. The zero-order valence-corrected chi connectivity index (χ0v) is 11.6. The molecule has 1 aromatic carbocycles. The van der Waals surface area contributed by atoms with E-state index in [4.69, 9.17) is 5.11 Å². The van der Waals surface area contributed by atoms with E-state index >= 15 is 0 Å². The zero-order chi connectivity index (χ0) is 15.2. The normalized spacial score (nSPS) is 11.9. The second-order valence-corrected chi connectivity index (χ2v) is 4.65. The third-order valence-corrected chi connectivity index (χ3v) is 3.02. The molecule has 2 rings (SSSR count). The number of rotatable bonds is 6. The van der Waals surface area contributed by atoms with Gasteiger partial charge in [0.25, 0.3) is 0 Å². The number of nitrogens with one attached hydrogen (secondary N) is 1. The van der Waals surface area contributed by atoms with Crippen LogP contribution in [0.4, 0.5) is 0 Å². The molecule has 1 aromatic heterocycles. The van der Waals surface area contributed by atoms with Gasteiger partial charge in [0.1, 0.15) is 12.2 Å². The fourth-order valence-corrected chi connectivity index (χ4v) is 1.86. The van der Waals surface area contributed by atoms with E-state index in [0.717, 1.165) is 5.56 Å². The number of hydrogen-bond acceptors (Lipinski definition) is 4. The fraction of sp³-hybridized carbons (Fsp3) is 0.286. The van der Waals surface area contributed by atoms with E-state index < -0.39 is 5.97 Å². The number of aromatic nitrogens is 3. The van der Waals surface area contributed by atoms with Crippen LogP contribution < -0.4 is 5.32 Å². The molecule has 1 heterocycles. The Morgan fingerprint density at radius 2 is 2.05 bits per heavy atom. The first-order chi connectivity index (χ1) is 10.1. The lowest BCUT2D eigenvalue weighted by Gasteiger charge is -2.11. The highest BCUT2D eigenvalue weighted by molar-refractivity contribution is 5.83. The van der Waals surface area contributed by atoms with Crippen LogP contribution in [0.15, 0.2) is 36.5 Å². The molecule has 0 saturated heterocycles. The summed E-state index contributed by atoms with van der Waals surface area (Å²) in [5.41, 5.74) is 1.45. The molecule has 21 heavy (non-hydrogen) atoms. The van der Waals surface area contributed by atoms with E-state index in [1.807, 2.05) is 37.3 Å². The summed E-state index contributed by atoms with van der Waals surface area (Å²) in [4.78, 5) is 22.6. The molecule has 0 bridgehead atoms. The molecule has 0 aliphatic heterocycles. The summed E-state index contributed by atoms with van der Waals surface area (Å²) in [7, 11) is 0. The molecule has 1 amide bonds. The third kappa shape index (κ3) is 4.13. The standard InChI is InChI=1S/C14H16N4O3/c1-10(11-5-3-2-4-6-11)14(21)15-7-12-8-18(17-16-12)9-13(19)20/h2-6,8,10H,7,9H2,1H3,(H,15,21)(H,19,20). The highest BCUT2D eigenvalue weighted by Crippen LogP contribution is 2.14. The van der Waals surface area contributed by atoms with Crippen LogP contribution in [-0.4, -0.2) is 32.0 Å². The van der Waals surface area contributed by atoms with Gasteiger partial charge in [-0.3, -0.25) is 9.59 Å². The average molecular weight is 288 g/mol. The van der Waals surface area contributed by atoms with Crippen molar-refractivity contribution in [1.82, 2.24) is 20.3 Å². The van der Waals surface area contributed by atoms with Crippen molar-refractivity contribution in [3.8, 4) is 0 Å². The minimum absolute atomic E-state index is 0.117. The van der Waals surface area contributed by atoms with Gasteiger partial charge < -0.3 is 10.4 Å². The predicted molar refractivity (Wildman–Crippen MR) is 74.4 cm³/mol. The van der Waals surface area contributed by atoms with Gasteiger partial charge in [-0.2, -0.15) is 0 Å². The van der Waals surface area contributed by atoms with E-state index in [0.29, 0.717) is 5.69 Å². The molecule has 7 nitrogen and oxygen atoms in total. The van der Waals surface area contributed by atoms with Crippen molar-refractivity contribution in [1.29, 1.82) is 0 Å². The van der Waals surface area contributed by atoms with E-state index in [1.165, 1.54) is 10.9 Å². The highest BCUT2D eigenvalue weighted by atomic mass is 16.4. The third-order valence-electron chi connectivity index (χ3n) is 3.02. The lowest BCUT2D eigenvalue weighted by atomic mass is 10.0. The molecule has 0 saturated carbocycles. The van der Waals surface area contributed by atoms with Crippen LogP contribution in [-0.2, 0) is 22.7 Å². The van der Waals surface area contributed by atoms with E-state index in [-0.39, 0.29) is 24.9 Å². The Hall–Kier alpha value is -2.70. The van der Waals surface area contributed by atoms with Crippen LogP contribution in [0.3, 0.4) is 0 Å². The van der Waals surface area contributed by atoms with Crippen LogP contribution in [0.2, 0.25) is 0 Å². The summed E-state index contributed by atoms with van der Waals surface area (Å²) in [6, 6.07) is 9.46. The maximum Gasteiger partial charge on any atom is 0.325 e. The van der Waals surface area contributed by atoms with Crippen molar-refractivity contribution in [2.75, 3.05) is 0 Å². The Kier molecular flexibility index (Phi) is 4.65. The molecule has 2 aromatic rings. The fourth-order valence-electron chi connectivity index (χ4n) is 1.86. The zero-order valence-electron chi connectivity index (χ0n) is 11.6. The summed E-state index contributed by atoms with van der Waals surface area (Å²) in [5, 5.41) is 18.9. The number of carboxylic acids is 1. The molecule has 0 aliphatic rings. The number of carbonyl (C=O) groups excluding carboxylic acids is 1. The van der Waals surface area contributed by atoms with Gasteiger partial charge in [0.2, 0.25) is 5.91 Å². The number of amides is 1. The molecule has 0 spiro atoms. The summed E-state index contributed by atoms with van der Waals surface area (Å²) < 4.78 is 1.21. The molecule has 0 aliphatic carbocycles. The van der Waals surface area contributed by atoms with Gasteiger partial charge in [0.15, 0.2) is 0 Å². The van der Waals surface area contributed by atoms with Crippen LogP contribution >= 0.6 is 0 Å². The first-order valence-corrected chi connectivity index (χ1v) is 6.49. The van der Waals surface area contributed by atoms with Crippen molar-refractivity contribution in [2.45, 2.75) is 25.9 Å². The SMILES string of the molecule is CC(C(=O)NCc1cn(CC(=O)O)nn1)c1ccccc1. The molecular formula is C14H16N4O3. The minimum Gasteiger partial charge on any atom is -0.480 e. The van der Waals surface area contributed by atoms with Gasteiger partial charge in [0, 0.05) is 0 Å². The molecule has 0 radical (unpaired) electrons. The van der Waals surface area contributed by atoms with E-state index in [9.17, 15) is 9.59 Å². The highest BCUT2D eigenvalue weighted by Gasteiger charge is 2.15. The lowest BCUT2D eigenvalue weighted by molar-refractivity contribution is -0.138. The number of hydrogen-bond donors (Lipinski definition) is 2. The van der Waals surface area contributed by atoms with E-state index in [1.54, 1.807) is 0 Å². The summed E-state index contributed by atoms with van der Waals surface area (Å²) >= 11 is 0. The Labute approximate surface area is 121 Å².